The molecule has 2 rings (SSSR count). The van der Waals surface area contributed by atoms with Crippen LogP contribution in [0.3, 0.4) is 0 Å². The first-order valence-corrected chi connectivity index (χ1v) is 5.63. The number of likely N-dealkylation sites (N-methyl/N-ethyl adjacent to an activating group) is 1. The maximum Gasteiger partial charge on any atom is 0.126 e. The molecule has 0 amide bonds. The van der Waals surface area contributed by atoms with Gasteiger partial charge >= 0.3 is 0 Å². The maximum atomic E-state index is 13.4. The van der Waals surface area contributed by atoms with Crippen LogP contribution < -0.4 is 5.32 Å². The van der Waals surface area contributed by atoms with E-state index in [1.165, 1.54) is 6.42 Å². The number of hydrogen-bond acceptors (Lipinski definition) is 1. The summed E-state index contributed by atoms with van der Waals surface area (Å²) in [6, 6.07) is 7.50. The van der Waals surface area contributed by atoms with E-state index in [0.29, 0.717) is 6.04 Å². The Morgan fingerprint density at radius 1 is 1.47 bits per heavy atom. The summed E-state index contributed by atoms with van der Waals surface area (Å²) in [6.07, 6.45) is 2.08. The van der Waals surface area contributed by atoms with E-state index in [0.717, 1.165) is 23.8 Å². The zero-order valence-corrected chi connectivity index (χ0v) is 9.33. The predicted octanol–water partition coefficient (Wildman–Crippen LogP) is 2.61. The molecular formula is C13H18FN. The summed E-state index contributed by atoms with van der Waals surface area (Å²) in [5.41, 5.74) is 0.830. The van der Waals surface area contributed by atoms with Gasteiger partial charge in [0.2, 0.25) is 0 Å². The van der Waals surface area contributed by atoms with Crippen LogP contribution in [0.4, 0.5) is 4.39 Å². The van der Waals surface area contributed by atoms with Gasteiger partial charge in [-0.2, -0.15) is 0 Å². The van der Waals surface area contributed by atoms with Gasteiger partial charge in [0, 0.05) is 6.04 Å². The molecule has 1 aromatic carbocycles. The highest BCUT2D eigenvalue weighted by molar-refractivity contribution is 5.19. The van der Waals surface area contributed by atoms with E-state index in [1.807, 2.05) is 19.2 Å². The van der Waals surface area contributed by atoms with Crippen LogP contribution >= 0.6 is 0 Å². The van der Waals surface area contributed by atoms with Crippen LogP contribution in [0.5, 0.6) is 0 Å². The van der Waals surface area contributed by atoms with Gasteiger partial charge in [-0.25, -0.2) is 4.39 Å². The van der Waals surface area contributed by atoms with Crippen molar-refractivity contribution in [2.24, 2.45) is 11.8 Å². The molecule has 1 aromatic rings. The van der Waals surface area contributed by atoms with Crippen LogP contribution in [0.15, 0.2) is 24.3 Å². The van der Waals surface area contributed by atoms with Crippen molar-refractivity contribution in [1.29, 1.82) is 0 Å². The van der Waals surface area contributed by atoms with E-state index in [1.54, 1.807) is 12.1 Å². The number of halogens is 1. The van der Waals surface area contributed by atoms with Gasteiger partial charge in [0.05, 0.1) is 0 Å². The lowest BCUT2D eigenvalue weighted by molar-refractivity contribution is 0.469. The molecule has 2 heteroatoms. The SMILES string of the molecule is CNC(Cc1ccccc1F)C1CC1C. The third kappa shape index (κ3) is 2.37. The average molecular weight is 207 g/mol. The van der Waals surface area contributed by atoms with Crippen LogP contribution in [-0.4, -0.2) is 13.1 Å². The minimum absolute atomic E-state index is 0.0777. The lowest BCUT2D eigenvalue weighted by atomic mass is 10.0. The summed E-state index contributed by atoms with van der Waals surface area (Å²) in [7, 11) is 1.97. The minimum atomic E-state index is -0.0777. The van der Waals surface area contributed by atoms with E-state index in [4.69, 9.17) is 0 Å². The fourth-order valence-corrected chi connectivity index (χ4v) is 2.28. The quantitative estimate of drug-likeness (QED) is 0.800. The molecule has 1 fully saturated rings. The Hall–Kier alpha value is -0.890. The van der Waals surface area contributed by atoms with Crippen LogP contribution in [0.1, 0.15) is 18.9 Å². The molecule has 0 radical (unpaired) electrons. The van der Waals surface area contributed by atoms with Gasteiger partial charge in [-0.3, -0.25) is 0 Å². The highest BCUT2D eigenvalue weighted by Gasteiger charge is 2.38. The van der Waals surface area contributed by atoms with Gasteiger partial charge in [0.25, 0.3) is 0 Å². The Morgan fingerprint density at radius 3 is 2.67 bits per heavy atom. The predicted molar refractivity (Wildman–Crippen MR) is 60.2 cm³/mol. The topological polar surface area (TPSA) is 12.0 Å². The highest BCUT2D eigenvalue weighted by atomic mass is 19.1. The normalized spacial score (nSPS) is 26.3. The number of hydrogen-bond donors (Lipinski definition) is 1. The molecule has 82 valence electrons. The first-order chi connectivity index (χ1) is 7.22. The second kappa shape index (κ2) is 4.31. The fraction of sp³-hybridized carbons (Fsp3) is 0.538. The van der Waals surface area contributed by atoms with Crippen molar-refractivity contribution in [1.82, 2.24) is 5.32 Å². The lowest BCUT2D eigenvalue weighted by Gasteiger charge is -2.16. The molecular weight excluding hydrogens is 189 g/mol. The molecule has 0 spiro atoms. The van der Waals surface area contributed by atoms with Gasteiger partial charge in [0.15, 0.2) is 0 Å². The van der Waals surface area contributed by atoms with Crippen molar-refractivity contribution in [2.45, 2.75) is 25.8 Å². The van der Waals surface area contributed by atoms with Crippen LogP contribution in [0.2, 0.25) is 0 Å². The summed E-state index contributed by atoms with van der Waals surface area (Å²) in [5, 5.41) is 3.30. The first-order valence-electron chi connectivity index (χ1n) is 5.63. The molecule has 3 unspecified atom stereocenters. The molecule has 1 saturated carbocycles. The third-order valence-electron chi connectivity index (χ3n) is 3.46. The summed E-state index contributed by atoms with van der Waals surface area (Å²) >= 11 is 0. The highest BCUT2D eigenvalue weighted by Crippen LogP contribution is 2.41. The third-order valence-corrected chi connectivity index (χ3v) is 3.46. The summed E-state index contributed by atoms with van der Waals surface area (Å²) in [4.78, 5) is 0. The Bertz CT molecular complexity index is 337. The van der Waals surface area contributed by atoms with Gasteiger partial charge < -0.3 is 5.32 Å². The second-order valence-corrected chi connectivity index (χ2v) is 4.57. The zero-order valence-electron chi connectivity index (χ0n) is 9.33. The van der Waals surface area contributed by atoms with Crippen molar-refractivity contribution in [3.05, 3.63) is 35.6 Å². The molecule has 1 N–H and O–H groups in total. The van der Waals surface area contributed by atoms with E-state index in [9.17, 15) is 4.39 Å². The van der Waals surface area contributed by atoms with Crippen molar-refractivity contribution >= 4 is 0 Å². The fourth-order valence-electron chi connectivity index (χ4n) is 2.28. The average Bonchev–Trinajstić information content (AvgIpc) is 2.94. The summed E-state index contributed by atoms with van der Waals surface area (Å²) in [5.74, 6) is 1.45. The molecule has 0 bridgehead atoms. The molecule has 0 aliphatic heterocycles. The Morgan fingerprint density at radius 2 is 2.13 bits per heavy atom. The largest absolute Gasteiger partial charge is 0.316 e. The van der Waals surface area contributed by atoms with Gasteiger partial charge in [0.1, 0.15) is 5.82 Å². The van der Waals surface area contributed by atoms with E-state index in [-0.39, 0.29) is 5.82 Å². The minimum Gasteiger partial charge on any atom is -0.316 e. The molecule has 3 atom stereocenters. The molecule has 0 aromatic heterocycles. The zero-order chi connectivity index (χ0) is 10.8. The maximum absolute atomic E-state index is 13.4. The molecule has 0 saturated heterocycles. The van der Waals surface area contributed by atoms with Gasteiger partial charge in [-0.15, -0.1) is 0 Å². The van der Waals surface area contributed by atoms with Crippen molar-refractivity contribution in [2.75, 3.05) is 7.05 Å². The van der Waals surface area contributed by atoms with E-state index >= 15 is 0 Å². The van der Waals surface area contributed by atoms with Gasteiger partial charge in [-0.05, 0) is 43.4 Å². The van der Waals surface area contributed by atoms with E-state index < -0.39 is 0 Å². The smallest absolute Gasteiger partial charge is 0.126 e. The Kier molecular flexibility index (Phi) is 3.06. The Labute approximate surface area is 90.7 Å². The second-order valence-electron chi connectivity index (χ2n) is 4.57. The van der Waals surface area contributed by atoms with Crippen LogP contribution in [0, 0.1) is 17.7 Å². The number of benzene rings is 1. The molecule has 0 heterocycles. The van der Waals surface area contributed by atoms with Crippen molar-refractivity contribution in [3.63, 3.8) is 0 Å². The van der Waals surface area contributed by atoms with Crippen molar-refractivity contribution in [3.8, 4) is 0 Å². The molecule has 1 aliphatic carbocycles. The van der Waals surface area contributed by atoms with Gasteiger partial charge in [-0.1, -0.05) is 25.1 Å². The summed E-state index contributed by atoms with van der Waals surface area (Å²) in [6.45, 7) is 2.26. The van der Waals surface area contributed by atoms with Crippen molar-refractivity contribution < 1.29 is 4.39 Å². The van der Waals surface area contributed by atoms with E-state index in [2.05, 4.69) is 12.2 Å². The lowest BCUT2D eigenvalue weighted by Crippen LogP contribution is -2.30. The van der Waals surface area contributed by atoms with Crippen LogP contribution in [-0.2, 0) is 6.42 Å². The number of nitrogens with one attached hydrogen (secondary N) is 1. The Balaban J connectivity index is 2.03. The monoisotopic (exact) mass is 207 g/mol. The standard InChI is InChI=1S/C13H18FN/c1-9-7-11(9)13(15-2)8-10-5-3-4-6-12(10)14/h3-6,9,11,13,15H,7-8H2,1-2H3. The summed E-state index contributed by atoms with van der Waals surface area (Å²) < 4.78 is 13.4. The number of rotatable bonds is 4. The van der Waals surface area contributed by atoms with Crippen LogP contribution in [0.25, 0.3) is 0 Å². The molecule has 1 aliphatic rings. The molecule has 1 nitrogen and oxygen atoms in total. The first kappa shape index (κ1) is 10.6. The molecule has 15 heavy (non-hydrogen) atoms.